The van der Waals surface area contributed by atoms with Crippen LogP contribution in [0.5, 0.6) is 0 Å². The molecule has 2 amide bonds. The number of epoxide rings is 1. The molecule has 7 heteroatoms. The third-order valence-corrected chi connectivity index (χ3v) is 5.42. The van der Waals surface area contributed by atoms with Crippen LogP contribution in [0.3, 0.4) is 0 Å². The zero-order chi connectivity index (χ0) is 19.9. The van der Waals surface area contributed by atoms with Crippen molar-refractivity contribution in [3.05, 3.63) is 71.3 Å². The van der Waals surface area contributed by atoms with Crippen molar-refractivity contribution in [2.24, 2.45) is 5.92 Å². The fraction of sp³-hybridized carbons (Fsp3) is 0.333. The van der Waals surface area contributed by atoms with Gasteiger partial charge in [0.25, 0.3) is 0 Å². The summed E-state index contributed by atoms with van der Waals surface area (Å²) < 4.78 is 38.1. The van der Waals surface area contributed by atoms with Gasteiger partial charge in [0, 0.05) is 11.6 Å². The normalized spacial score (nSPS) is 24.8. The first kappa shape index (κ1) is 18.6. The predicted octanol–water partition coefficient (Wildman–Crippen LogP) is 3.42. The molecule has 0 spiro atoms. The van der Waals surface area contributed by atoms with E-state index in [-0.39, 0.29) is 18.8 Å². The summed E-state index contributed by atoms with van der Waals surface area (Å²) in [5.41, 5.74) is -0.116. The highest BCUT2D eigenvalue weighted by Gasteiger charge is 2.57. The Balaban J connectivity index is 1.57. The number of ether oxygens (including phenoxy) is 2. The lowest BCUT2D eigenvalue weighted by Gasteiger charge is -2.26. The monoisotopic (exact) mass is 387 g/mol. The van der Waals surface area contributed by atoms with Crippen LogP contribution in [-0.2, 0) is 26.3 Å². The zero-order valence-electron chi connectivity index (χ0n) is 15.2. The van der Waals surface area contributed by atoms with Crippen LogP contribution in [-0.4, -0.2) is 36.2 Å². The molecular formula is C21H19F2NO4. The van der Waals surface area contributed by atoms with Crippen LogP contribution >= 0.6 is 0 Å². The number of amides is 2. The average Bonchev–Trinajstić information content (AvgIpc) is 3.40. The molecule has 0 radical (unpaired) electrons. The lowest BCUT2D eigenvalue weighted by Crippen LogP contribution is -2.46. The zero-order valence-corrected chi connectivity index (χ0v) is 15.2. The van der Waals surface area contributed by atoms with Gasteiger partial charge in [0.15, 0.2) is 0 Å². The number of carbonyl (C=O) groups excluding carboxylic acids is 2. The Hall–Kier alpha value is -2.80. The molecule has 0 aliphatic carbocycles. The molecule has 2 aromatic carbocycles. The first-order chi connectivity index (χ1) is 13.4. The van der Waals surface area contributed by atoms with E-state index in [0.717, 1.165) is 22.6 Å². The van der Waals surface area contributed by atoms with E-state index in [1.807, 2.05) is 30.3 Å². The van der Waals surface area contributed by atoms with Gasteiger partial charge in [-0.15, -0.1) is 0 Å². The molecule has 2 aliphatic heterocycles. The minimum Gasteiger partial charge on any atom is -0.447 e. The predicted molar refractivity (Wildman–Crippen MR) is 95.3 cm³/mol. The highest BCUT2D eigenvalue weighted by molar-refractivity contribution is 5.95. The van der Waals surface area contributed by atoms with Gasteiger partial charge >= 0.3 is 6.09 Å². The van der Waals surface area contributed by atoms with Crippen molar-refractivity contribution < 1.29 is 27.8 Å². The molecule has 0 aromatic heterocycles. The molecule has 0 N–H and O–H groups in total. The number of benzene rings is 2. The van der Waals surface area contributed by atoms with E-state index in [9.17, 15) is 18.4 Å². The first-order valence-electron chi connectivity index (χ1n) is 9.05. The van der Waals surface area contributed by atoms with Crippen molar-refractivity contribution in [1.82, 2.24) is 4.90 Å². The van der Waals surface area contributed by atoms with Crippen molar-refractivity contribution in [2.45, 2.75) is 25.0 Å². The average molecular weight is 387 g/mol. The number of imide groups is 1. The van der Waals surface area contributed by atoms with Crippen molar-refractivity contribution in [3.8, 4) is 0 Å². The Morgan fingerprint density at radius 2 is 1.96 bits per heavy atom. The number of hydrogen-bond acceptors (Lipinski definition) is 4. The van der Waals surface area contributed by atoms with Gasteiger partial charge in [-0.05, 0) is 18.1 Å². The largest absolute Gasteiger partial charge is 0.447 e. The lowest BCUT2D eigenvalue weighted by molar-refractivity contribution is -0.135. The van der Waals surface area contributed by atoms with Crippen molar-refractivity contribution in [1.29, 1.82) is 0 Å². The Bertz CT molecular complexity index is 914. The Labute approximate surface area is 160 Å². The lowest BCUT2D eigenvalue weighted by atomic mass is 9.85. The van der Waals surface area contributed by atoms with Crippen LogP contribution in [0.4, 0.5) is 13.6 Å². The highest BCUT2D eigenvalue weighted by atomic mass is 19.1. The summed E-state index contributed by atoms with van der Waals surface area (Å²) in [6.07, 6.45) is -0.253. The van der Waals surface area contributed by atoms with Gasteiger partial charge in [0.05, 0.1) is 18.6 Å². The second kappa shape index (κ2) is 6.98. The van der Waals surface area contributed by atoms with Gasteiger partial charge in [0.2, 0.25) is 5.91 Å². The molecule has 0 bridgehead atoms. The number of halogens is 2. The van der Waals surface area contributed by atoms with Gasteiger partial charge in [-0.3, -0.25) is 4.79 Å². The number of rotatable bonds is 5. The Morgan fingerprint density at radius 1 is 1.25 bits per heavy atom. The van der Waals surface area contributed by atoms with Crippen LogP contribution in [0.2, 0.25) is 0 Å². The number of carbonyl (C=O) groups is 2. The second-order valence-corrected chi connectivity index (χ2v) is 7.15. The maximum absolute atomic E-state index is 14.3. The third kappa shape index (κ3) is 3.16. The molecule has 5 nitrogen and oxygen atoms in total. The summed E-state index contributed by atoms with van der Waals surface area (Å²) in [7, 11) is 0. The fourth-order valence-electron chi connectivity index (χ4n) is 3.72. The van der Waals surface area contributed by atoms with Gasteiger partial charge < -0.3 is 9.47 Å². The second-order valence-electron chi connectivity index (χ2n) is 7.15. The van der Waals surface area contributed by atoms with Crippen LogP contribution < -0.4 is 0 Å². The van der Waals surface area contributed by atoms with Crippen molar-refractivity contribution >= 4 is 12.0 Å². The summed E-state index contributed by atoms with van der Waals surface area (Å²) in [4.78, 5) is 26.5. The van der Waals surface area contributed by atoms with Gasteiger partial charge in [-0.25, -0.2) is 18.5 Å². The molecule has 2 heterocycles. The van der Waals surface area contributed by atoms with Crippen molar-refractivity contribution in [2.75, 3.05) is 13.2 Å². The molecule has 4 rings (SSSR count). The summed E-state index contributed by atoms with van der Waals surface area (Å²) >= 11 is 0. The van der Waals surface area contributed by atoms with E-state index in [2.05, 4.69) is 0 Å². The van der Waals surface area contributed by atoms with E-state index in [1.165, 1.54) is 6.07 Å². The third-order valence-electron chi connectivity index (χ3n) is 5.42. The molecule has 146 valence electrons. The molecule has 0 unspecified atom stereocenters. The van der Waals surface area contributed by atoms with Crippen LogP contribution in [0.15, 0.2) is 48.5 Å². The minimum atomic E-state index is -1.20. The molecule has 0 saturated carbocycles. The Morgan fingerprint density at radius 3 is 2.61 bits per heavy atom. The molecule has 2 fully saturated rings. The quantitative estimate of drug-likeness (QED) is 0.738. The molecular weight excluding hydrogens is 368 g/mol. The summed E-state index contributed by atoms with van der Waals surface area (Å²) in [5, 5.41) is 0. The van der Waals surface area contributed by atoms with Crippen LogP contribution in [0.25, 0.3) is 0 Å². The van der Waals surface area contributed by atoms with Crippen molar-refractivity contribution in [3.63, 3.8) is 0 Å². The smallest absolute Gasteiger partial charge is 0.416 e. The van der Waals surface area contributed by atoms with Gasteiger partial charge in [-0.2, -0.15) is 0 Å². The summed E-state index contributed by atoms with van der Waals surface area (Å²) in [6, 6.07) is 12.2. The maximum atomic E-state index is 14.3. The fourth-order valence-corrected chi connectivity index (χ4v) is 3.72. The Kier molecular flexibility index (Phi) is 4.63. The van der Waals surface area contributed by atoms with E-state index < -0.39 is 41.2 Å². The van der Waals surface area contributed by atoms with Crippen LogP contribution in [0.1, 0.15) is 18.1 Å². The SMILES string of the molecule is C[C@@H](C(=O)N1C(=O)OC[C@@H]1Cc1ccccc1)[C@@]1(c2ccc(F)cc2F)CO1. The first-order valence-corrected chi connectivity index (χ1v) is 9.05. The minimum absolute atomic E-state index is 0.102. The number of nitrogens with zero attached hydrogens (tertiary/aromatic N) is 1. The maximum Gasteiger partial charge on any atom is 0.416 e. The molecule has 28 heavy (non-hydrogen) atoms. The van der Waals surface area contributed by atoms with Crippen LogP contribution in [0, 0.1) is 17.6 Å². The highest BCUT2D eigenvalue weighted by Crippen LogP contribution is 2.47. The topological polar surface area (TPSA) is 59.1 Å². The van der Waals surface area contributed by atoms with E-state index in [0.29, 0.717) is 6.42 Å². The number of cyclic esters (lactones) is 1. The molecule has 3 atom stereocenters. The summed E-state index contributed by atoms with van der Waals surface area (Å²) in [5.74, 6) is -2.81. The molecule has 2 aliphatic rings. The molecule has 2 aromatic rings. The van der Waals surface area contributed by atoms with Gasteiger partial charge in [-0.1, -0.05) is 43.3 Å². The van der Waals surface area contributed by atoms with E-state index in [4.69, 9.17) is 9.47 Å². The molecule has 2 saturated heterocycles. The number of hydrogen-bond donors (Lipinski definition) is 0. The van der Waals surface area contributed by atoms with E-state index in [1.54, 1.807) is 6.92 Å². The summed E-state index contributed by atoms with van der Waals surface area (Å²) in [6.45, 7) is 1.81. The van der Waals surface area contributed by atoms with E-state index >= 15 is 0 Å². The van der Waals surface area contributed by atoms with Gasteiger partial charge in [0.1, 0.15) is 23.8 Å². The standard InChI is InChI=1S/C21H19F2NO4/c1-13(21(12-28-21)17-8-7-15(22)10-18(17)23)19(25)24-16(11-27-20(24)26)9-14-5-3-2-4-6-14/h2-8,10,13,16H,9,11-12H2,1H3/t13-,16-,21+/m0/s1.